The molecule has 0 aliphatic carbocycles. The van der Waals surface area contributed by atoms with Gasteiger partial charge in [-0.3, -0.25) is 0 Å². The van der Waals surface area contributed by atoms with Crippen LogP contribution in [-0.2, 0) is 9.53 Å². The van der Waals surface area contributed by atoms with Crippen molar-refractivity contribution < 1.29 is 14.6 Å². The molecule has 0 saturated carbocycles. The molecule has 0 bridgehead atoms. The van der Waals surface area contributed by atoms with Gasteiger partial charge in [0.25, 0.3) is 0 Å². The van der Waals surface area contributed by atoms with Gasteiger partial charge in [0.15, 0.2) is 0 Å². The van der Waals surface area contributed by atoms with E-state index < -0.39 is 10.4 Å². The van der Waals surface area contributed by atoms with Gasteiger partial charge in [0.05, 0.1) is 0 Å². The van der Waals surface area contributed by atoms with E-state index in [1.165, 1.54) is 7.11 Å². The van der Waals surface area contributed by atoms with E-state index in [-0.39, 0.29) is 20.9 Å². The summed E-state index contributed by atoms with van der Waals surface area (Å²) in [6, 6.07) is 9.20. The Balaban J connectivity index is 3.02. The third-order valence-corrected chi connectivity index (χ3v) is 5.25. The SMILES string of the molecule is COC(=O)[C@](C)([Se]C)[C@H](O)c1ccccc1. The molecule has 0 fully saturated rings. The first kappa shape index (κ1) is 13.2. The van der Waals surface area contributed by atoms with Crippen molar-refractivity contribution in [3.8, 4) is 0 Å². The van der Waals surface area contributed by atoms with Crippen molar-refractivity contribution in [2.75, 3.05) is 7.11 Å². The summed E-state index contributed by atoms with van der Waals surface area (Å²) in [6.07, 6.45) is -0.814. The monoisotopic (exact) mass is 288 g/mol. The molecule has 0 aliphatic rings. The molecule has 1 rings (SSSR count). The summed E-state index contributed by atoms with van der Waals surface area (Å²) in [6.45, 7) is 1.75. The molecule has 1 N–H and O–H groups in total. The molecule has 0 aromatic heterocycles. The van der Waals surface area contributed by atoms with Crippen LogP contribution in [0, 0.1) is 0 Å². The molecule has 1 aromatic carbocycles. The first-order valence-electron chi connectivity index (χ1n) is 4.93. The van der Waals surface area contributed by atoms with Crippen LogP contribution in [0.4, 0.5) is 0 Å². The molecule has 0 unspecified atom stereocenters. The van der Waals surface area contributed by atoms with Crippen LogP contribution in [-0.4, -0.2) is 33.1 Å². The number of carbonyl (C=O) groups is 1. The molecular formula is C12H16O3Se. The van der Waals surface area contributed by atoms with Gasteiger partial charge in [0, 0.05) is 0 Å². The normalized spacial score (nSPS) is 16.2. The summed E-state index contributed by atoms with van der Waals surface area (Å²) in [5.74, 6) is 1.57. The first-order valence-corrected chi connectivity index (χ1v) is 7.49. The first-order chi connectivity index (χ1) is 7.56. The van der Waals surface area contributed by atoms with Gasteiger partial charge >= 0.3 is 102 Å². The zero-order valence-electron chi connectivity index (χ0n) is 9.64. The van der Waals surface area contributed by atoms with Crippen molar-refractivity contribution in [3.63, 3.8) is 0 Å². The summed E-state index contributed by atoms with van der Waals surface area (Å²) in [4.78, 5) is 11.7. The number of methoxy groups -OCH3 is 1. The zero-order valence-corrected chi connectivity index (χ0v) is 11.3. The van der Waals surface area contributed by atoms with Crippen molar-refractivity contribution in [1.82, 2.24) is 0 Å². The number of hydrogen-bond acceptors (Lipinski definition) is 3. The van der Waals surface area contributed by atoms with E-state index in [9.17, 15) is 9.90 Å². The van der Waals surface area contributed by atoms with E-state index in [1.807, 2.05) is 36.2 Å². The Hall–Kier alpha value is -0.831. The van der Waals surface area contributed by atoms with E-state index in [0.29, 0.717) is 0 Å². The number of aliphatic hydroxyl groups excluding tert-OH is 1. The Kier molecular flexibility index (Phi) is 4.54. The average Bonchev–Trinajstić information content (AvgIpc) is 2.36. The van der Waals surface area contributed by atoms with Gasteiger partial charge in [-0.25, -0.2) is 0 Å². The van der Waals surface area contributed by atoms with Crippen LogP contribution in [0.25, 0.3) is 0 Å². The fourth-order valence-corrected chi connectivity index (χ4v) is 2.74. The maximum absolute atomic E-state index is 11.7. The maximum atomic E-state index is 11.7. The van der Waals surface area contributed by atoms with Crippen LogP contribution >= 0.6 is 0 Å². The number of carbonyl (C=O) groups excluding carboxylic acids is 1. The van der Waals surface area contributed by atoms with Crippen molar-refractivity contribution in [3.05, 3.63) is 35.9 Å². The third kappa shape index (κ3) is 2.46. The molecule has 4 heteroatoms. The topological polar surface area (TPSA) is 46.5 Å². The number of ether oxygens (including phenoxy) is 1. The Morgan fingerprint density at radius 2 is 2.00 bits per heavy atom. The van der Waals surface area contributed by atoms with Crippen LogP contribution in [0.3, 0.4) is 0 Å². The van der Waals surface area contributed by atoms with Crippen LogP contribution in [0.15, 0.2) is 30.3 Å². The van der Waals surface area contributed by atoms with Crippen LogP contribution in [0.2, 0.25) is 10.1 Å². The molecule has 0 aliphatic heterocycles. The number of hydrogen-bond donors (Lipinski definition) is 1. The Bertz CT molecular complexity index is 353. The Morgan fingerprint density at radius 3 is 2.44 bits per heavy atom. The molecule has 16 heavy (non-hydrogen) atoms. The minimum absolute atomic E-state index is 0.0463. The Labute approximate surface area is 102 Å². The van der Waals surface area contributed by atoms with Gasteiger partial charge in [-0.15, -0.1) is 0 Å². The second-order valence-electron chi connectivity index (χ2n) is 3.62. The fourth-order valence-electron chi connectivity index (χ4n) is 1.46. The number of rotatable bonds is 4. The summed E-state index contributed by atoms with van der Waals surface area (Å²) >= 11 is -0.0463. The quantitative estimate of drug-likeness (QED) is 0.679. The molecule has 3 nitrogen and oxygen atoms in total. The molecule has 0 spiro atoms. The van der Waals surface area contributed by atoms with Crippen LogP contribution < -0.4 is 0 Å². The summed E-state index contributed by atoms with van der Waals surface area (Å²) in [5, 5.41) is 10.3. The summed E-state index contributed by atoms with van der Waals surface area (Å²) in [7, 11) is 1.35. The fraction of sp³-hybridized carbons (Fsp3) is 0.417. The zero-order chi connectivity index (χ0) is 12.2. The van der Waals surface area contributed by atoms with E-state index >= 15 is 0 Å². The van der Waals surface area contributed by atoms with E-state index in [4.69, 9.17) is 4.74 Å². The number of benzene rings is 1. The molecule has 0 heterocycles. The van der Waals surface area contributed by atoms with E-state index in [1.54, 1.807) is 6.92 Å². The number of aliphatic hydroxyl groups is 1. The van der Waals surface area contributed by atoms with Gasteiger partial charge in [-0.1, -0.05) is 0 Å². The van der Waals surface area contributed by atoms with Gasteiger partial charge in [0.1, 0.15) is 0 Å². The summed E-state index contributed by atoms with van der Waals surface area (Å²) < 4.78 is 3.94. The molecule has 0 saturated heterocycles. The second kappa shape index (κ2) is 5.48. The Morgan fingerprint density at radius 1 is 1.44 bits per heavy atom. The molecule has 2 atom stereocenters. The molecular weight excluding hydrogens is 271 g/mol. The van der Waals surface area contributed by atoms with E-state index in [2.05, 4.69) is 0 Å². The summed E-state index contributed by atoms with van der Waals surface area (Å²) in [5.41, 5.74) is 0.749. The average molecular weight is 287 g/mol. The van der Waals surface area contributed by atoms with Crippen molar-refractivity contribution in [2.24, 2.45) is 0 Å². The van der Waals surface area contributed by atoms with Gasteiger partial charge < -0.3 is 0 Å². The van der Waals surface area contributed by atoms with Crippen molar-refractivity contribution in [2.45, 2.75) is 23.2 Å². The standard InChI is InChI=1S/C12H16O3Se/c1-12(16-3,11(14)15-2)10(13)9-7-5-4-6-8-9/h4-8,10,13H,1-3H3/t10-,12-/m1/s1. The molecule has 0 radical (unpaired) electrons. The molecule has 1 aromatic rings. The minimum atomic E-state index is -0.830. The third-order valence-electron chi connectivity index (χ3n) is 2.65. The predicted octanol–water partition coefficient (Wildman–Crippen LogP) is 1.82. The molecule has 88 valence electrons. The van der Waals surface area contributed by atoms with Gasteiger partial charge in [-0.05, 0) is 0 Å². The van der Waals surface area contributed by atoms with Gasteiger partial charge in [0.2, 0.25) is 0 Å². The van der Waals surface area contributed by atoms with Crippen molar-refractivity contribution >= 4 is 20.9 Å². The van der Waals surface area contributed by atoms with Crippen LogP contribution in [0.1, 0.15) is 18.6 Å². The van der Waals surface area contributed by atoms with E-state index in [0.717, 1.165) is 5.56 Å². The van der Waals surface area contributed by atoms with Crippen LogP contribution in [0.5, 0.6) is 0 Å². The second-order valence-corrected chi connectivity index (χ2v) is 6.25. The van der Waals surface area contributed by atoms with Crippen molar-refractivity contribution in [1.29, 1.82) is 0 Å². The number of esters is 1. The van der Waals surface area contributed by atoms with Gasteiger partial charge in [-0.2, -0.15) is 0 Å². The molecule has 0 amide bonds. The predicted molar refractivity (Wildman–Crippen MR) is 63.4 cm³/mol.